The van der Waals surface area contributed by atoms with Crippen LogP contribution in [0.4, 0.5) is 23.1 Å². The van der Waals surface area contributed by atoms with Gasteiger partial charge in [0.1, 0.15) is 5.82 Å². The van der Waals surface area contributed by atoms with E-state index in [4.69, 9.17) is 4.74 Å². The third-order valence-corrected chi connectivity index (χ3v) is 5.31. The predicted molar refractivity (Wildman–Crippen MR) is 128 cm³/mol. The first kappa shape index (κ1) is 21.8. The van der Waals surface area contributed by atoms with E-state index in [0.717, 1.165) is 48.8 Å². The molecule has 3 aromatic rings. The normalized spacial score (nSPS) is 13.6. The molecule has 1 fully saturated rings. The number of anilines is 4. The van der Waals surface area contributed by atoms with Gasteiger partial charge in [-0.1, -0.05) is 30.3 Å². The van der Waals surface area contributed by atoms with Crippen molar-refractivity contribution in [1.82, 2.24) is 9.97 Å². The van der Waals surface area contributed by atoms with Crippen molar-refractivity contribution in [1.29, 1.82) is 0 Å². The van der Waals surface area contributed by atoms with Gasteiger partial charge in [-0.3, -0.25) is 4.79 Å². The first-order chi connectivity index (χ1) is 15.7. The molecule has 32 heavy (non-hydrogen) atoms. The molecule has 0 aliphatic carbocycles. The Kier molecular flexibility index (Phi) is 7.30. The van der Waals surface area contributed by atoms with Crippen LogP contribution in [0.25, 0.3) is 0 Å². The molecule has 1 amide bonds. The van der Waals surface area contributed by atoms with Crippen molar-refractivity contribution in [2.75, 3.05) is 41.8 Å². The van der Waals surface area contributed by atoms with E-state index < -0.39 is 0 Å². The Morgan fingerprint density at radius 3 is 2.47 bits per heavy atom. The van der Waals surface area contributed by atoms with Crippen LogP contribution >= 0.6 is 0 Å². The van der Waals surface area contributed by atoms with Crippen molar-refractivity contribution in [3.63, 3.8) is 0 Å². The number of ether oxygens (including phenoxy) is 1. The van der Waals surface area contributed by atoms with Crippen LogP contribution in [0, 0.1) is 6.92 Å². The molecule has 1 aliphatic heterocycles. The quantitative estimate of drug-likeness (QED) is 0.553. The first-order valence-corrected chi connectivity index (χ1v) is 11.0. The number of morpholine rings is 1. The summed E-state index contributed by atoms with van der Waals surface area (Å²) in [5, 5.41) is 6.23. The van der Waals surface area contributed by atoms with E-state index in [1.54, 1.807) is 0 Å². The fourth-order valence-electron chi connectivity index (χ4n) is 3.65. The lowest BCUT2D eigenvalue weighted by Gasteiger charge is -2.28. The van der Waals surface area contributed by atoms with Crippen LogP contribution in [0.5, 0.6) is 0 Å². The molecule has 2 heterocycles. The number of benzene rings is 2. The summed E-state index contributed by atoms with van der Waals surface area (Å²) in [5.41, 5.74) is 3.80. The van der Waals surface area contributed by atoms with Gasteiger partial charge in [-0.2, -0.15) is 4.98 Å². The maximum absolute atomic E-state index is 12.2. The van der Waals surface area contributed by atoms with Gasteiger partial charge < -0.3 is 20.3 Å². The van der Waals surface area contributed by atoms with Crippen LogP contribution in [0.1, 0.15) is 24.1 Å². The summed E-state index contributed by atoms with van der Waals surface area (Å²) in [4.78, 5) is 23.6. The lowest BCUT2D eigenvalue weighted by Crippen LogP contribution is -2.36. The van der Waals surface area contributed by atoms with Crippen LogP contribution in [0.3, 0.4) is 0 Å². The highest BCUT2D eigenvalue weighted by Gasteiger charge is 2.14. The summed E-state index contributed by atoms with van der Waals surface area (Å²) in [7, 11) is 0. The highest BCUT2D eigenvalue weighted by atomic mass is 16.5. The number of hydrogen-bond acceptors (Lipinski definition) is 6. The largest absolute Gasteiger partial charge is 0.378 e. The summed E-state index contributed by atoms with van der Waals surface area (Å²) < 4.78 is 5.43. The second kappa shape index (κ2) is 10.7. The molecule has 0 atom stereocenters. The minimum atomic E-state index is 0.0267. The Morgan fingerprint density at radius 2 is 1.72 bits per heavy atom. The van der Waals surface area contributed by atoms with E-state index in [0.29, 0.717) is 25.6 Å². The highest BCUT2D eigenvalue weighted by molar-refractivity contribution is 5.90. The third kappa shape index (κ3) is 6.28. The van der Waals surface area contributed by atoms with Crippen LogP contribution in [0.2, 0.25) is 0 Å². The van der Waals surface area contributed by atoms with Crippen molar-refractivity contribution < 1.29 is 9.53 Å². The van der Waals surface area contributed by atoms with Crippen LogP contribution in [-0.4, -0.2) is 42.2 Å². The Balaban J connectivity index is 1.30. The van der Waals surface area contributed by atoms with Crippen LogP contribution < -0.4 is 15.5 Å². The molecule has 2 aromatic carbocycles. The van der Waals surface area contributed by atoms with Crippen LogP contribution in [-0.2, 0) is 16.0 Å². The number of hydrogen-bond donors (Lipinski definition) is 2. The van der Waals surface area contributed by atoms with Gasteiger partial charge in [0.05, 0.1) is 13.2 Å². The number of nitrogens with zero attached hydrogens (tertiary/aromatic N) is 3. The molecule has 0 spiro atoms. The number of nitrogens with one attached hydrogen (secondary N) is 2. The molecular formula is C25H29N5O2. The molecule has 7 nitrogen and oxygen atoms in total. The predicted octanol–water partition coefficient (Wildman–Crippen LogP) is 4.33. The van der Waals surface area contributed by atoms with Crippen molar-refractivity contribution in [2.24, 2.45) is 0 Å². The Bertz CT molecular complexity index is 1020. The van der Waals surface area contributed by atoms with Gasteiger partial charge in [-0.25, -0.2) is 4.98 Å². The van der Waals surface area contributed by atoms with Gasteiger partial charge >= 0.3 is 0 Å². The molecule has 166 valence electrons. The van der Waals surface area contributed by atoms with Gasteiger partial charge in [0.25, 0.3) is 0 Å². The van der Waals surface area contributed by atoms with Gasteiger partial charge in [-0.05, 0) is 49.6 Å². The van der Waals surface area contributed by atoms with E-state index in [2.05, 4.69) is 37.6 Å². The van der Waals surface area contributed by atoms with Crippen molar-refractivity contribution >= 4 is 29.0 Å². The smallest absolute Gasteiger partial charge is 0.229 e. The Morgan fingerprint density at radius 1 is 1.00 bits per heavy atom. The monoisotopic (exact) mass is 431 g/mol. The van der Waals surface area contributed by atoms with Gasteiger partial charge in [0.15, 0.2) is 0 Å². The molecule has 4 rings (SSSR count). The molecule has 7 heteroatoms. The van der Waals surface area contributed by atoms with Gasteiger partial charge in [0.2, 0.25) is 11.9 Å². The average Bonchev–Trinajstić information content (AvgIpc) is 2.81. The molecule has 1 saturated heterocycles. The number of amides is 1. The lowest BCUT2D eigenvalue weighted by molar-refractivity contribution is -0.116. The number of aromatic nitrogens is 2. The number of aryl methyl sites for hydroxylation is 2. The fraction of sp³-hybridized carbons (Fsp3) is 0.320. The zero-order valence-corrected chi connectivity index (χ0v) is 18.4. The van der Waals surface area contributed by atoms with Crippen LogP contribution in [0.15, 0.2) is 60.7 Å². The summed E-state index contributed by atoms with van der Waals surface area (Å²) in [5.74, 6) is 1.49. The summed E-state index contributed by atoms with van der Waals surface area (Å²) in [6, 6.07) is 19.8. The maximum atomic E-state index is 12.2. The summed E-state index contributed by atoms with van der Waals surface area (Å²) in [6.07, 6.45) is 2.22. The van der Waals surface area contributed by atoms with Gasteiger partial charge in [0, 0.05) is 42.6 Å². The average molecular weight is 432 g/mol. The molecule has 0 unspecified atom stereocenters. The number of carbonyl (C=O) groups is 1. The maximum Gasteiger partial charge on any atom is 0.229 e. The lowest BCUT2D eigenvalue weighted by atomic mass is 10.1. The molecular weight excluding hydrogens is 402 g/mol. The van der Waals surface area contributed by atoms with E-state index >= 15 is 0 Å². The second-order valence-electron chi connectivity index (χ2n) is 7.88. The number of rotatable bonds is 8. The highest BCUT2D eigenvalue weighted by Crippen LogP contribution is 2.21. The Labute approximate surface area is 188 Å². The zero-order chi connectivity index (χ0) is 22.2. The van der Waals surface area contributed by atoms with E-state index in [1.165, 1.54) is 5.56 Å². The fourth-order valence-corrected chi connectivity index (χ4v) is 3.65. The van der Waals surface area contributed by atoms with Crippen molar-refractivity contribution in [2.45, 2.75) is 26.2 Å². The topological polar surface area (TPSA) is 79.4 Å². The molecule has 2 N–H and O–H groups in total. The minimum Gasteiger partial charge on any atom is -0.378 e. The minimum absolute atomic E-state index is 0.0267. The van der Waals surface area contributed by atoms with Gasteiger partial charge in [-0.15, -0.1) is 0 Å². The molecule has 0 radical (unpaired) electrons. The van der Waals surface area contributed by atoms with E-state index in [9.17, 15) is 4.79 Å². The molecule has 0 saturated carbocycles. The van der Waals surface area contributed by atoms with E-state index in [1.807, 2.05) is 55.5 Å². The SMILES string of the molecule is Cc1cc(N2CCOCC2)nc(Nc2ccc(NC(=O)CCCc3ccccc3)cc2)n1. The molecule has 1 aromatic heterocycles. The second-order valence-corrected chi connectivity index (χ2v) is 7.88. The van der Waals surface area contributed by atoms with Crippen molar-refractivity contribution in [3.8, 4) is 0 Å². The third-order valence-electron chi connectivity index (χ3n) is 5.31. The standard InChI is InChI=1S/C25H29N5O2/c1-19-18-23(30-14-16-32-17-15-30)29-25(26-19)28-22-12-10-21(11-13-22)27-24(31)9-5-8-20-6-3-2-4-7-20/h2-4,6-7,10-13,18H,5,8-9,14-17H2,1H3,(H,27,31)(H,26,28,29). The molecule has 1 aliphatic rings. The molecule has 0 bridgehead atoms. The van der Waals surface area contributed by atoms with E-state index in [-0.39, 0.29) is 5.91 Å². The summed E-state index contributed by atoms with van der Waals surface area (Å²) >= 11 is 0. The Hall–Kier alpha value is -3.45. The summed E-state index contributed by atoms with van der Waals surface area (Å²) in [6.45, 7) is 5.05. The zero-order valence-electron chi connectivity index (χ0n) is 18.4. The number of carbonyl (C=O) groups excluding carboxylic acids is 1. The first-order valence-electron chi connectivity index (χ1n) is 11.0. The van der Waals surface area contributed by atoms with Crippen molar-refractivity contribution in [3.05, 3.63) is 71.9 Å².